The van der Waals surface area contributed by atoms with Crippen LogP contribution >= 0.6 is 0 Å². The summed E-state index contributed by atoms with van der Waals surface area (Å²) in [7, 11) is 0. The molecule has 7 nitrogen and oxygen atoms in total. The van der Waals surface area contributed by atoms with E-state index < -0.39 is 24.6 Å². The number of nitrogens with zero attached hydrogens (tertiary/aromatic N) is 2. The monoisotopic (exact) mass is 437 g/mol. The Morgan fingerprint density at radius 2 is 2.00 bits per heavy atom. The Morgan fingerprint density at radius 1 is 1.26 bits per heavy atom. The first-order valence-corrected chi connectivity index (χ1v) is 9.61. The van der Waals surface area contributed by atoms with Crippen LogP contribution in [0, 0.1) is 5.82 Å². The first-order chi connectivity index (χ1) is 14.8. The molecule has 2 N–H and O–H groups in total. The highest BCUT2D eigenvalue weighted by atomic mass is 19.3. The van der Waals surface area contributed by atoms with Crippen LogP contribution < -0.4 is 5.32 Å². The molecule has 166 valence electrons. The summed E-state index contributed by atoms with van der Waals surface area (Å²) < 4.78 is 46.6. The summed E-state index contributed by atoms with van der Waals surface area (Å²) in [5.41, 5.74) is 2.51. The average Bonchev–Trinajstić information content (AvgIpc) is 3.12. The molecule has 0 aliphatic carbocycles. The van der Waals surface area contributed by atoms with Gasteiger partial charge < -0.3 is 19.9 Å². The molecule has 0 bridgehead atoms. The zero-order chi connectivity index (χ0) is 22.4. The van der Waals surface area contributed by atoms with Crippen molar-refractivity contribution in [1.82, 2.24) is 10.3 Å². The number of benzene rings is 1. The molecule has 1 amide bonds. The van der Waals surface area contributed by atoms with Gasteiger partial charge in [-0.2, -0.15) is 8.78 Å². The Labute approximate surface area is 176 Å². The largest absolute Gasteiger partial charge is 0.475 e. The number of pyridine rings is 1. The van der Waals surface area contributed by atoms with Gasteiger partial charge in [0.25, 0.3) is 0 Å². The number of aliphatic hydroxyl groups is 1. The molecule has 2 aromatic rings. The van der Waals surface area contributed by atoms with Gasteiger partial charge in [-0.05, 0) is 36.2 Å². The van der Waals surface area contributed by atoms with E-state index in [2.05, 4.69) is 20.0 Å². The van der Waals surface area contributed by atoms with E-state index in [4.69, 9.17) is 4.74 Å². The molecule has 1 aliphatic heterocycles. The topological polar surface area (TPSA) is 93.0 Å². The number of amides is 1. The van der Waals surface area contributed by atoms with Crippen LogP contribution in [0.15, 0.2) is 41.5 Å². The highest BCUT2D eigenvalue weighted by molar-refractivity contribution is 5.97. The smallest absolute Gasteiger partial charge is 0.345 e. The highest BCUT2D eigenvalue weighted by Gasteiger charge is 2.22. The fourth-order valence-electron chi connectivity index (χ4n) is 3.15. The zero-order valence-electron chi connectivity index (χ0n) is 16.7. The highest BCUT2D eigenvalue weighted by Crippen LogP contribution is 2.21. The number of aromatic nitrogens is 1. The van der Waals surface area contributed by atoms with Crippen LogP contribution in [0.4, 0.5) is 13.2 Å². The summed E-state index contributed by atoms with van der Waals surface area (Å²) in [5.74, 6) is -0.474. The van der Waals surface area contributed by atoms with Crippen molar-refractivity contribution in [2.24, 2.45) is 4.99 Å². The van der Waals surface area contributed by atoms with E-state index in [1.165, 1.54) is 37.4 Å². The van der Waals surface area contributed by atoms with Crippen LogP contribution in [0.1, 0.15) is 35.3 Å². The van der Waals surface area contributed by atoms with Crippen molar-refractivity contribution in [2.75, 3.05) is 13.2 Å². The van der Waals surface area contributed by atoms with E-state index in [1.807, 2.05) is 0 Å². The predicted octanol–water partition coefficient (Wildman–Crippen LogP) is 2.52. The van der Waals surface area contributed by atoms with Crippen LogP contribution in [0.25, 0.3) is 0 Å². The molecule has 1 aliphatic rings. The van der Waals surface area contributed by atoms with Gasteiger partial charge in [-0.25, -0.2) is 9.38 Å². The molecule has 31 heavy (non-hydrogen) atoms. The van der Waals surface area contributed by atoms with Crippen molar-refractivity contribution in [1.29, 1.82) is 0 Å². The Morgan fingerprint density at radius 3 is 2.68 bits per heavy atom. The van der Waals surface area contributed by atoms with Crippen molar-refractivity contribution in [2.45, 2.75) is 38.6 Å². The van der Waals surface area contributed by atoms with Gasteiger partial charge in [0.05, 0.1) is 43.0 Å². The molecular formula is C21H22F3N3O4. The van der Waals surface area contributed by atoms with Crippen molar-refractivity contribution < 1.29 is 32.5 Å². The fraction of sp³-hybridized carbons (Fsp3) is 0.381. The Hall–Kier alpha value is -2.98. The van der Waals surface area contributed by atoms with Gasteiger partial charge in [-0.1, -0.05) is 12.1 Å². The third kappa shape index (κ3) is 6.25. The lowest BCUT2D eigenvalue weighted by Crippen LogP contribution is -2.36. The Balaban J connectivity index is 1.58. The molecule has 0 unspecified atom stereocenters. The second kappa shape index (κ2) is 10.4. The number of halogens is 3. The Kier molecular flexibility index (Phi) is 7.59. The Bertz CT molecular complexity index is 936. The molecule has 2 atom stereocenters. The number of rotatable bonds is 9. The lowest BCUT2D eigenvalue weighted by Gasteiger charge is -2.22. The fourth-order valence-corrected chi connectivity index (χ4v) is 3.15. The molecular weight excluding hydrogens is 415 g/mol. The van der Waals surface area contributed by atoms with E-state index in [0.717, 1.165) is 5.56 Å². The molecule has 3 rings (SSSR count). The number of nitrogens with one attached hydrogen (secondary N) is 1. The van der Waals surface area contributed by atoms with Gasteiger partial charge in [0.2, 0.25) is 11.8 Å². The average molecular weight is 437 g/mol. The van der Waals surface area contributed by atoms with Gasteiger partial charge in [0.15, 0.2) is 0 Å². The normalized spacial score (nSPS) is 14.7. The molecule has 0 radical (unpaired) electrons. The van der Waals surface area contributed by atoms with Gasteiger partial charge in [-0.15, -0.1) is 0 Å². The lowest BCUT2D eigenvalue weighted by atomic mass is 10.0. The standard InChI is InChI=1S/C21H22F3N3O4/c1-12(28)19(13-2-4-15(22)5-3-13)27-18(29)9-16-8-14-10-26-20(17(14)11-25-16)30-6-7-31-21(23)24/h2-5,8,11-12,19,21,28H,6-7,9-10H2,1H3,(H,27,29)/t12-,19+/m0/s1. The SMILES string of the molecule is C[C@H](O)[C@@H](NC(=O)Cc1cc2c(cn1)C(OCCOC(F)F)=NC2)c1ccc(F)cc1. The van der Waals surface area contributed by atoms with Crippen LogP contribution in [0.3, 0.4) is 0 Å². The number of alkyl halides is 2. The van der Waals surface area contributed by atoms with Crippen molar-refractivity contribution >= 4 is 11.8 Å². The van der Waals surface area contributed by atoms with Gasteiger partial charge in [0.1, 0.15) is 12.4 Å². The minimum absolute atomic E-state index is 0.0316. The first-order valence-electron chi connectivity index (χ1n) is 9.61. The maximum atomic E-state index is 13.1. The quantitative estimate of drug-likeness (QED) is 0.588. The third-order valence-corrected chi connectivity index (χ3v) is 4.61. The second-order valence-corrected chi connectivity index (χ2v) is 6.95. The molecule has 10 heteroatoms. The van der Waals surface area contributed by atoms with Gasteiger partial charge in [0, 0.05) is 6.20 Å². The molecule has 0 saturated carbocycles. The molecule has 0 saturated heterocycles. The van der Waals surface area contributed by atoms with Crippen LogP contribution in [-0.4, -0.2) is 47.8 Å². The third-order valence-electron chi connectivity index (χ3n) is 4.61. The van der Waals surface area contributed by atoms with Gasteiger partial charge in [-0.3, -0.25) is 9.78 Å². The first kappa shape index (κ1) is 22.7. The van der Waals surface area contributed by atoms with E-state index in [9.17, 15) is 23.1 Å². The molecule has 0 spiro atoms. The molecule has 1 aromatic heterocycles. The summed E-state index contributed by atoms with van der Waals surface area (Å²) in [6, 6.07) is 6.56. The summed E-state index contributed by atoms with van der Waals surface area (Å²) in [6.45, 7) is -1.34. The number of hydrogen-bond acceptors (Lipinski definition) is 6. The van der Waals surface area contributed by atoms with Crippen molar-refractivity contribution in [3.05, 3.63) is 64.7 Å². The predicted molar refractivity (Wildman–Crippen MR) is 105 cm³/mol. The van der Waals surface area contributed by atoms with E-state index >= 15 is 0 Å². The lowest BCUT2D eigenvalue weighted by molar-refractivity contribution is -0.134. The summed E-state index contributed by atoms with van der Waals surface area (Å²) in [4.78, 5) is 21.0. The summed E-state index contributed by atoms with van der Waals surface area (Å²) >= 11 is 0. The van der Waals surface area contributed by atoms with Crippen LogP contribution in [0.5, 0.6) is 0 Å². The van der Waals surface area contributed by atoms with Crippen molar-refractivity contribution in [3.8, 4) is 0 Å². The second-order valence-electron chi connectivity index (χ2n) is 6.95. The van der Waals surface area contributed by atoms with Crippen LogP contribution in [-0.2, 0) is 27.2 Å². The number of aliphatic hydroxyl groups excluding tert-OH is 1. The number of carbonyl (C=O) groups is 1. The maximum absolute atomic E-state index is 13.1. The number of fused-ring (bicyclic) bond motifs is 1. The number of aliphatic imine (C=N–C) groups is 1. The van der Waals surface area contributed by atoms with E-state index in [0.29, 0.717) is 29.3 Å². The number of carbonyl (C=O) groups excluding carboxylic acids is 1. The molecule has 0 fully saturated rings. The summed E-state index contributed by atoms with van der Waals surface area (Å²) in [6.07, 6.45) is 0.601. The zero-order valence-corrected chi connectivity index (χ0v) is 16.7. The molecule has 2 heterocycles. The minimum Gasteiger partial charge on any atom is -0.475 e. The van der Waals surface area contributed by atoms with Crippen LogP contribution in [0.2, 0.25) is 0 Å². The summed E-state index contributed by atoms with van der Waals surface area (Å²) in [5, 5.41) is 12.8. The van der Waals surface area contributed by atoms with E-state index in [-0.39, 0.29) is 25.5 Å². The van der Waals surface area contributed by atoms with Gasteiger partial charge >= 0.3 is 6.61 Å². The van der Waals surface area contributed by atoms with Crippen molar-refractivity contribution in [3.63, 3.8) is 0 Å². The number of ether oxygens (including phenoxy) is 2. The van der Waals surface area contributed by atoms with E-state index in [1.54, 1.807) is 6.07 Å². The minimum atomic E-state index is -2.85. The molecule has 1 aromatic carbocycles. The number of hydrogen-bond donors (Lipinski definition) is 2. The maximum Gasteiger partial charge on any atom is 0.345 e.